The SMILES string of the molecule is COc1cc(Cl)c(C2(N=C=O)CCC2)cc1O. The molecule has 0 radical (unpaired) electrons. The van der Waals surface area contributed by atoms with Gasteiger partial charge in [-0.05, 0) is 25.3 Å². The summed E-state index contributed by atoms with van der Waals surface area (Å²) in [5.74, 6) is 0.308. The second-order valence-corrected chi connectivity index (χ2v) is 4.50. The first-order valence-electron chi connectivity index (χ1n) is 5.29. The number of ether oxygens (including phenoxy) is 1. The standard InChI is InChI=1S/C12H12ClNO3/c1-17-11-6-9(13)8(5-10(11)16)12(14-7-15)3-2-4-12/h5-6,16H,2-4H2,1H3. The number of aliphatic imine (C=N–C) groups is 1. The van der Waals surface area contributed by atoms with Crippen LogP contribution in [0.5, 0.6) is 11.5 Å². The molecule has 1 aromatic carbocycles. The molecule has 1 N–H and O–H groups in total. The molecule has 0 aromatic heterocycles. The van der Waals surface area contributed by atoms with E-state index in [4.69, 9.17) is 16.3 Å². The van der Waals surface area contributed by atoms with Gasteiger partial charge < -0.3 is 9.84 Å². The molecule has 1 aliphatic rings. The van der Waals surface area contributed by atoms with Crippen molar-refractivity contribution in [1.29, 1.82) is 0 Å². The molecule has 0 aliphatic heterocycles. The minimum Gasteiger partial charge on any atom is -0.504 e. The maximum absolute atomic E-state index is 10.5. The van der Waals surface area contributed by atoms with Gasteiger partial charge in [-0.2, -0.15) is 4.99 Å². The molecule has 1 aliphatic carbocycles. The van der Waals surface area contributed by atoms with Gasteiger partial charge in [0.25, 0.3) is 0 Å². The van der Waals surface area contributed by atoms with E-state index in [0.717, 1.165) is 19.3 Å². The lowest BCUT2D eigenvalue weighted by Crippen LogP contribution is -2.32. The first kappa shape index (κ1) is 12.0. The largest absolute Gasteiger partial charge is 0.504 e. The van der Waals surface area contributed by atoms with Crippen LogP contribution in [-0.4, -0.2) is 18.3 Å². The van der Waals surface area contributed by atoms with Crippen molar-refractivity contribution in [3.05, 3.63) is 22.7 Å². The first-order valence-corrected chi connectivity index (χ1v) is 5.67. The van der Waals surface area contributed by atoms with E-state index >= 15 is 0 Å². The molecule has 5 heteroatoms. The van der Waals surface area contributed by atoms with Gasteiger partial charge in [0.15, 0.2) is 11.5 Å². The van der Waals surface area contributed by atoms with Crippen molar-refractivity contribution in [2.45, 2.75) is 24.8 Å². The fourth-order valence-electron chi connectivity index (χ4n) is 2.10. The Morgan fingerprint density at radius 2 is 2.24 bits per heavy atom. The van der Waals surface area contributed by atoms with Gasteiger partial charge in [-0.15, -0.1) is 0 Å². The van der Waals surface area contributed by atoms with Crippen LogP contribution in [0.2, 0.25) is 5.02 Å². The van der Waals surface area contributed by atoms with Crippen molar-refractivity contribution >= 4 is 17.7 Å². The lowest BCUT2D eigenvalue weighted by atomic mass is 9.72. The van der Waals surface area contributed by atoms with Crippen LogP contribution in [-0.2, 0) is 10.3 Å². The quantitative estimate of drug-likeness (QED) is 0.666. The van der Waals surface area contributed by atoms with Crippen LogP contribution < -0.4 is 4.74 Å². The summed E-state index contributed by atoms with van der Waals surface area (Å²) >= 11 is 6.13. The molecule has 0 heterocycles. The molecular weight excluding hydrogens is 242 g/mol. The molecule has 0 atom stereocenters. The van der Waals surface area contributed by atoms with Gasteiger partial charge in [0.2, 0.25) is 6.08 Å². The van der Waals surface area contributed by atoms with E-state index in [1.54, 1.807) is 6.08 Å². The average molecular weight is 254 g/mol. The Morgan fingerprint density at radius 1 is 1.53 bits per heavy atom. The van der Waals surface area contributed by atoms with Crippen LogP contribution in [0, 0.1) is 0 Å². The van der Waals surface area contributed by atoms with Crippen molar-refractivity contribution in [3.63, 3.8) is 0 Å². The Kier molecular flexibility index (Phi) is 3.09. The summed E-state index contributed by atoms with van der Waals surface area (Å²) in [5.41, 5.74) is 0.0508. The van der Waals surface area contributed by atoms with E-state index in [-0.39, 0.29) is 5.75 Å². The van der Waals surface area contributed by atoms with Gasteiger partial charge in [0.05, 0.1) is 17.7 Å². The number of hydrogen-bond donors (Lipinski definition) is 1. The van der Waals surface area contributed by atoms with Gasteiger partial charge >= 0.3 is 0 Å². The molecule has 0 amide bonds. The lowest BCUT2D eigenvalue weighted by molar-refractivity contribution is 0.254. The number of benzene rings is 1. The Bertz CT molecular complexity index is 491. The average Bonchev–Trinajstić information content (AvgIpc) is 2.26. The Hall–Kier alpha value is -1.51. The van der Waals surface area contributed by atoms with Crippen molar-refractivity contribution in [3.8, 4) is 11.5 Å². The van der Waals surface area contributed by atoms with E-state index in [2.05, 4.69) is 4.99 Å². The summed E-state index contributed by atoms with van der Waals surface area (Å²) in [6.07, 6.45) is 4.06. The highest BCUT2D eigenvalue weighted by molar-refractivity contribution is 6.31. The normalized spacial score (nSPS) is 16.8. The molecule has 0 bridgehead atoms. The summed E-state index contributed by atoms with van der Waals surface area (Å²) in [6, 6.07) is 3.05. The Labute approximate surface area is 104 Å². The van der Waals surface area contributed by atoms with Crippen molar-refractivity contribution in [2.24, 2.45) is 4.99 Å². The highest BCUT2D eigenvalue weighted by Crippen LogP contribution is 2.49. The monoisotopic (exact) mass is 253 g/mol. The van der Waals surface area contributed by atoms with Crippen molar-refractivity contribution < 1.29 is 14.6 Å². The maximum Gasteiger partial charge on any atom is 0.235 e. The molecular formula is C12H12ClNO3. The molecule has 4 nitrogen and oxygen atoms in total. The van der Waals surface area contributed by atoms with Crippen LogP contribution in [0.4, 0.5) is 0 Å². The third-order valence-corrected chi connectivity index (χ3v) is 3.52. The van der Waals surface area contributed by atoms with Crippen molar-refractivity contribution in [1.82, 2.24) is 0 Å². The fourth-order valence-corrected chi connectivity index (χ4v) is 2.43. The molecule has 1 fully saturated rings. The number of aromatic hydroxyl groups is 1. The molecule has 1 aromatic rings. The number of isocyanates is 1. The molecule has 1 saturated carbocycles. The molecule has 0 spiro atoms. The number of methoxy groups -OCH3 is 1. The van der Waals surface area contributed by atoms with E-state index in [1.807, 2.05) is 0 Å². The zero-order valence-electron chi connectivity index (χ0n) is 9.36. The number of nitrogens with zero attached hydrogens (tertiary/aromatic N) is 1. The van der Waals surface area contributed by atoms with Gasteiger partial charge in [-0.25, -0.2) is 4.79 Å². The molecule has 90 valence electrons. The predicted molar refractivity (Wildman–Crippen MR) is 63.3 cm³/mol. The molecule has 2 rings (SSSR count). The zero-order chi connectivity index (χ0) is 12.5. The van der Waals surface area contributed by atoms with E-state index in [9.17, 15) is 9.90 Å². The number of carbonyl (C=O) groups excluding carboxylic acids is 1. The number of phenols is 1. The fraction of sp³-hybridized carbons (Fsp3) is 0.417. The molecule has 0 saturated heterocycles. The Morgan fingerprint density at radius 3 is 2.71 bits per heavy atom. The van der Waals surface area contributed by atoms with E-state index < -0.39 is 5.54 Å². The smallest absolute Gasteiger partial charge is 0.235 e. The summed E-state index contributed by atoms with van der Waals surface area (Å²) in [6.45, 7) is 0. The third-order valence-electron chi connectivity index (χ3n) is 3.21. The number of hydrogen-bond acceptors (Lipinski definition) is 4. The topological polar surface area (TPSA) is 58.9 Å². The predicted octanol–water partition coefficient (Wildman–Crippen LogP) is 2.77. The minimum atomic E-state index is -0.609. The van der Waals surface area contributed by atoms with Gasteiger partial charge in [0, 0.05) is 11.6 Å². The molecule has 0 unspecified atom stereocenters. The Balaban J connectivity index is 2.52. The van der Waals surface area contributed by atoms with E-state index in [0.29, 0.717) is 16.3 Å². The summed E-state index contributed by atoms with van der Waals surface area (Å²) in [5, 5.41) is 10.2. The van der Waals surface area contributed by atoms with Gasteiger partial charge in [0.1, 0.15) is 0 Å². The minimum absolute atomic E-state index is 0.000672. The van der Waals surface area contributed by atoms with Crippen LogP contribution in [0.1, 0.15) is 24.8 Å². The zero-order valence-corrected chi connectivity index (χ0v) is 10.1. The highest BCUT2D eigenvalue weighted by atomic mass is 35.5. The van der Waals surface area contributed by atoms with Crippen molar-refractivity contribution in [2.75, 3.05) is 7.11 Å². The number of phenolic OH excluding ortho intramolecular Hbond substituents is 1. The number of halogens is 1. The van der Waals surface area contributed by atoms with Crippen LogP contribution in [0.3, 0.4) is 0 Å². The summed E-state index contributed by atoms with van der Waals surface area (Å²) in [4.78, 5) is 14.3. The second-order valence-electron chi connectivity index (χ2n) is 4.09. The number of rotatable bonds is 3. The summed E-state index contributed by atoms with van der Waals surface area (Å²) < 4.78 is 4.96. The van der Waals surface area contributed by atoms with E-state index in [1.165, 1.54) is 19.2 Å². The van der Waals surface area contributed by atoms with Crippen LogP contribution in [0.25, 0.3) is 0 Å². The second kappa shape index (κ2) is 4.40. The highest BCUT2D eigenvalue weighted by Gasteiger charge is 2.41. The lowest BCUT2D eigenvalue weighted by Gasteiger charge is -2.37. The molecule has 17 heavy (non-hydrogen) atoms. The third kappa shape index (κ3) is 1.90. The van der Waals surface area contributed by atoms with Crippen LogP contribution in [0.15, 0.2) is 17.1 Å². The van der Waals surface area contributed by atoms with Crippen LogP contribution >= 0.6 is 11.6 Å². The van der Waals surface area contributed by atoms with Gasteiger partial charge in [-0.1, -0.05) is 11.6 Å². The van der Waals surface area contributed by atoms with Gasteiger partial charge in [-0.3, -0.25) is 0 Å². The summed E-state index contributed by atoms with van der Waals surface area (Å²) in [7, 11) is 1.45. The first-order chi connectivity index (χ1) is 8.13. The maximum atomic E-state index is 10.5.